The van der Waals surface area contributed by atoms with Crippen LogP contribution in [0.5, 0.6) is 0 Å². The third-order valence-corrected chi connectivity index (χ3v) is 6.93. The number of fused-ring (bicyclic) bond motifs is 1. The molecule has 0 N–H and O–H groups in total. The highest BCUT2D eigenvalue weighted by molar-refractivity contribution is 7.08. The Kier molecular flexibility index (Phi) is 5.96. The summed E-state index contributed by atoms with van der Waals surface area (Å²) in [6, 6.07) is 6.07. The van der Waals surface area contributed by atoms with Gasteiger partial charge in [0.2, 0.25) is 0 Å². The van der Waals surface area contributed by atoms with E-state index in [9.17, 15) is 18.0 Å². The van der Waals surface area contributed by atoms with Gasteiger partial charge in [-0.15, -0.1) is 0 Å². The van der Waals surface area contributed by atoms with E-state index in [1.165, 1.54) is 17.4 Å². The van der Waals surface area contributed by atoms with Crippen molar-refractivity contribution in [3.8, 4) is 11.1 Å². The van der Waals surface area contributed by atoms with Gasteiger partial charge in [0.05, 0.1) is 5.52 Å². The number of carbonyl (C=O) groups is 1. The van der Waals surface area contributed by atoms with Crippen molar-refractivity contribution in [3.63, 3.8) is 0 Å². The van der Waals surface area contributed by atoms with Crippen LogP contribution in [0.4, 0.5) is 19.0 Å². The molecule has 5 rings (SSSR count). The summed E-state index contributed by atoms with van der Waals surface area (Å²) in [5, 5.41) is 8.59. The second kappa shape index (κ2) is 8.95. The summed E-state index contributed by atoms with van der Waals surface area (Å²) < 4.78 is 42.0. The molecule has 0 unspecified atom stereocenters. The molecule has 11 heteroatoms. The van der Waals surface area contributed by atoms with Gasteiger partial charge >= 0.3 is 6.18 Å². The van der Waals surface area contributed by atoms with Crippen LogP contribution in [0, 0.1) is 6.92 Å². The van der Waals surface area contributed by atoms with Gasteiger partial charge in [-0.25, -0.2) is 9.97 Å². The largest absolute Gasteiger partial charge is 0.433 e. The first kappa shape index (κ1) is 23.3. The number of aryl methyl sites for hydroxylation is 2. The second-order valence-electron chi connectivity index (χ2n) is 8.53. The van der Waals surface area contributed by atoms with Gasteiger partial charge in [-0.1, -0.05) is 0 Å². The van der Waals surface area contributed by atoms with Gasteiger partial charge in [-0.05, 0) is 53.9 Å². The number of amides is 1. The van der Waals surface area contributed by atoms with Crippen LogP contribution in [0.2, 0.25) is 0 Å². The molecule has 0 saturated carbocycles. The van der Waals surface area contributed by atoms with Crippen LogP contribution in [0.15, 0.2) is 41.2 Å². The molecule has 7 nitrogen and oxygen atoms in total. The van der Waals surface area contributed by atoms with E-state index in [-0.39, 0.29) is 11.4 Å². The Bertz CT molecular complexity index is 1360. The molecule has 1 aliphatic rings. The molecule has 1 aliphatic heterocycles. The van der Waals surface area contributed by atoms with Crippen molar-refractivity contribution in [3.05, 3.63) is 58.3 Å². The Hall–Kier alpha value is -3.47. The zero-order valence-corrected chi connectivity index (χ0v) is 20.0. The highest BCUT2D eigenvalue weighted by atomic mass is 32.1. The lowest BCUT2D eigenvalue weighted by Crippen LogP contribution is -2.35. The minimum atomic E-state index is -4.54. The highest BCUT2D eigenvalue weighted by Gasteiger charge is 2.33. The summed E-state index contributed by atoms with van der Waals surface area (Å²) >= 11 is 1.46. The maximum absolute atomic E-state index is 13.5. The summed E-state index contributed by atoms with van der Waals surface area (Å²) in [5.74, 6) is 0.445. The molecule has 4 aromatic heterocycles. The van der Waals surface area contributed by atoms with Gasteiger partial charge in [0.15, 0.2) is 5.69 Å². The number of hydrogen-bond acceptors (Lipinski definition) is 6. The monoisotopic (exact) mass is 500 g/mol. The Morgan fingerprint density at radius 3 is 2.63 bits per heavy atom. The Morgan fingerprint density at radius 1 is 1.11 bits per heavy atom. The van der Waals surface area contributed by atoms with Crippen LogP contribution < -0.4 is 4.90 Å². The number of carbonyl (C=O) groups excluding carboxylic acids is 1. The lowest BCUT2D eigenvalue weighted by Gasteiger charge is -2.24. The van der Waals surface area contributed by atoms with Gasteiger partial charge in [0, 0.05) is 56.1 Å². The first-order valence-corrected chi connectivity index (χ1v) is 12.1. The maximum Gasteiger partial charge on any atom is 0.433 e. The summed E-state index contributed by atoms with van der Waals surface area (Å²) in [5.41, 5.74) is 1.99. The maximum atomic E-state index is 13.5. The van der Waals surface area contributed by atoms with Crippen molar-refractivity contribution >= 4 is 34.0 Å². The van der Waals surface area contributed by atoms with Crippen molar-refractivity contribution in [1.29, 1.82) is 0 Å². The van der Waals surface area contributed by atoms with Crippen molar-refractivity contribution in [1.82, 2.24) is 24.6 Å². The standard InChI is InChI=1S/C24H23F3N6OS/c1-15-12-19(30-31(15)2)23(34)33-8-3-7-32(9-10-33)22-17-4-5-20(24(25,26)27)29-21(17)18(13-28-22)16-6-11-35-14-16/h4-6,11-14H,3,7-10H2,1-2H3. The molecule has 35 heavy (non-hydrogen) atoms. The summed E-state index contributed by atoms with van der Waals surface area (Å²) in [6.07, 6.45) is -2.25. The number of thiophene rings is 1. The van der Waals surface area contributed by atoms with Crippen molar-refractivity contribution in [2.75, 3.05) is 31.1 Å². The lowest BCUT2D eigenvalue weighted by atomic mass is 10.1. The smallest absolute Gasteiger partial charge is 0.354 e. The van der Waals surface area contributed by atoms with E-state index in [0.717, 1.165) is 17.3 Å². The SMILES string of the molecule is Cc1cc(C(=O)N2CCCN(c3ncc(-c4ccsc4)c4nc(C(F)(F)F)ccc34)CC2)nn1C. The van der Waals surface area contributed by atoms with E-state index in [0.29, 0.717) is 55.1 Å². The molecule has 0 radical (unpaired) electrons. The normalized spacial score (nSPS) is 15.0. The Labute approximate surface area is 203 Å². The number of alkyl halides is 3. The fraction of sp³-hybridized carbons (Fsp3) is 0.333. The van der Waals surface area contributed by atoms with Crippen LogP contribution in [0.3, 0.4) is 0 Å². The number of pyridine rings is 2. The predicted molar refractivity (Wildman–Crippen MR) is 129 cm³/mol. The minimum absolute atomic E-state index is 0.127. The number of anilines is 1. The zero-order chi connectivity index (χ0) is 24.7. The minimum Gasteiger partial charge on any atom is -0.354 e. The average Bonchev–Trinajstić information content (AvgIpc) is 3.40. The topological polar surface area (TPSA) is 67.2 Å². The third-order valence-electron chi connectivity index (χ3n) is 6.25. The Balaban J connectivity index is 1.48. The van der Waals surface area contributed by atoms with Gasteiger partial charge in [-0.3, -0.25) is 9.48 Å². The number of hydrogen-bond donors (Lipinski definition) is 0. The van der Waals surface area contributed by atoms with E-state index < -0.39 is 11.9 Å². The highest BCUT2D eigenvalue weighted by Crippen LogP contribution is 2.36. The van der Waals surface area contributed by atoms with Gasteiger partial charge in [0.1, 0.15) is 11.5 Å². The van der Waals surface area contributed by atoms with Gasteiger partial charge in [0.25, 0.3) is 5.91 Å². The van der Waals surface area contributed by atoms with Crippen LogP contribution in [0.25, 0.3) is 22.0 Å². The molecule has 0 aromatic carbocycles. The quantitative estimate of drug-likeness (QED) is 0.405. The number of halogens is 3. The molecule has 0 atom stereocenters. The van der Waals surface area contributed by atoms with Crippen molar-refractivity contribution in [2.45, 2.75) is 19.5 Å². The molecular weight excluding hydrogens is 477 g/mol. The third kappa shape index (κ3) is 4.47. The lowest BCUT2D eigenvalue weighted by molar-refractivity contribution is -0.140. The summed E-state index contributed by atoms with van der Waals surface area (Å²) in [7, 11) is 1.80. The summed E-state index contributed by atoms with van der Waals surface area (Å²) in [6.45, 7) is 4.03. The zero-order valence-electron chi connectivity index (χ0n) is 19.2. The number of nitrogens with zero attached hydrogens (tertiary/aromatic N) is 6. The van der Waals surface area contributed by atoms with Crippen molar-refractivity contribution in [2.24, 2.45) is 7.05 Å². The number of aromatic nitrogens is 4. The first-order valence-electron chi connectivity index (χ1n) is 11.2. The van der Waals surface area contributed by atoms with E-state index >= 15 is 0 Å². The van der Waals surface area contributed by atoms with E-state index in [1.54, 1.807) is 28.9 Å². The fourth-order valence-corrected chi connectivity index (χ4v) is 4.96. The predicted octanol–water partition coefficient (Wildman–Crippen LogP) is 4.77. The van der Waals surface area contributed by atoms with Crippen LogP contribution in [-0.2, 0) is 13.2 Å². The molecular formula is C24H23F3N6OS. The second-order valence-corrected chi connectivity index (χ2v) is 9.31. The molecule has 0 spiro atoms. The average molecular weight is 501 g/mol. The Morgan fingerprint density at radius 2 is 1.94 bits per heavy atom. The van der Waals surface area contributed by atoms with E-state index in [2.05, 4.69) is 15.1 Å². The van der Waals surface area contributed by atoms with Crippen LogP contribution >= 0.6 is 11.3 Å². The van der Waals surface area contributed by atoms with Crippen LogP contribution in [0.1, 0.15) is 28.3 Å². The fourth-order valence-electron chi connectivity index (χ4n) is 4.30. The van der Waals surface area contributed by atoms with E-state index in [1.807, 2.05) is 28.7 Å². The van der Waals surface area contributed by atoms with Crippen molar-refractivity contribution < 1.29 is 18.0 Å². The molecule has 1 saturated heterocycles. The molecule has 1 amide bonds. The molecule has 5 heterocycles. The van der Waals surface area contributed by atoms with E-state index in [4.69, 9.17) is 0 Å². The molecule has 4 aromatic rings. The van der Waals surface area contributed by atoms with Gasteiger partial charge in [-0.2, -0.15) is 29.6 Å². The van der Waals surface area contributed by atoms with Gasteiger partial charge < -0.3 is 9.80 Å². The number of rotatable bonds is 3. The summed E-state index contributed by atoms with van der Waals surface area (Å²) in [4.78, 5) is 25.4. The molecule has 0 aliphatic carbocycles. The molecule has 182 valence electrons. The molecule has 0 bridgehead atoms. The van der Waals surface area contributed by atoms with Crippen LogP contribution in [-0.4, -0.2) is 56.7 Å². The molecule has 1 fully saturated rings. The first-order chi connectivity index (χ1) is 16.7.